The zero-order chi connectivity index (χ0) is 20.7. The van der Waals surface area contributed by atoms with Crippen LogP contribution in [0.1, 0.15) is 22.4 Å². The molecule has 3 aromatic heterocycles. The van der Waals surface area contributed by atoms with E-state index in [1.165, 1.54) is 0 Å². The predicted octanol–water partition coefficient (Wildman–Crippen LogP) is 4.84. The Balaban J connectivity index is 1.70. The Morgan fingerprint density at radius 3 is 2.57 bits per heavy atom. The zero-order valence-electron chi connectivity index (χ0n) is 17.1. The maximum Gasteiger partial charge on any atom is 0.183 e. The molecule has 0 bridgehead atoms. The number of fused-ring (bicyclic) bond motifs is 3. The topological polar surface area (TPSA) is 65.2 Å². The van der Waals surface area contributed by atoms with Crippen LogP contribution in [-0.2, 0) is 6.61 Å². The molecule has 2 aromatic carbocycles. The third kappa shape index (κ3) is 3.06. The highest BCUT2D eigenvalue weighted by atomic mass is 16.5. The maximum atomic E-state index is 6.11. The van der Waals surface area contributed by atoms with Crippen LogP contribution in [0.5, 0.6) is 5.75 Å². The number of imidazole rings is 1. The normalized spacial score (nSPS) is 11.3. The standard InChI is InChI=1S/C24H21N5O/c1-15-9-10-25-13-20(15)24-26-17(3)23-28-27-22-16(2)11-19(12-21(22)29(23)24)30-14-18-7-5-4-6-8-18/h4-13H,14H2,1-3H3. The fourth-order valence-electron chi connectivity index (χ4n) is 3.70. The molecule has 0 atom stereocenters. The second-order valence-corrected chi connectivity index (χ2v) is 7.45. The number of benzene rings is 2. The molecule has 0 aliphatic carbocycles. The molecule has 0 unspecified atom stereocenters. The van der Waals surface area contributed by atoms with E-state index in [1.807, 2.05) is 56.4 Å². The molecule has 0 saturated carbocycles. The van der Waals surface area contributed by atoms with E-state index in [2.05, 4.69) is 38.6 Å². The molecule has 5 rings (SSSR count). The van der Waals surface area contributed by atoms with Crippen molar-refractivity contribution in [1.29, 1.82) is 0 Å². The van der Waals surface area contributed by atoms with Crippen molar-refractivity contribution >= 4 is 16.7 Å². The average molecular weight is 395 g/mol. The number of hydrogen-bond acceptors (Lipinski definition) is 5. The van der Waals surface area contributed by atoms with Crippen LogP contribution >= 0.6 is 0 Å². The second-order valence-electron chi connectivity index (χ2n) is 7.45. The zero-order valence-corrected chi connectivity index (χ0v) is 17.1. The lowest BCUT2D eigenvalue weighted by molar-refractivity contribution is 0.306. The lowest BCUT2D eigenvalue weighted by Gasteiger charge is -2.12. The van der Waals surface area contributed by atoms with Gasteiger partial charge in [-0.05, 0) is 49.6 Å². The van der Waals surface area contributed by atoms with Crippen molar-refractivity contribution in [3.8, 4) is 17.1 Å². The van der Waals surface area contributed by atoms with Gasteiger partial charge in [0.05, 0.1) is 11.2 Å². The fourth-order valence-corrected chi connectivity index (χ4v) is 3.70. The van der Waals surface area contributed by atoms with E-state index in [0.717, 1.165) is 56.2 Å². The lowest BCUT2D eigenvalue weighted by Crippen LogP contribution is -2.01. The number of aryl methyl sites for hydroxylation is 3. The molecule has 0 spiro atoms. The molecule has 30 heavy (non-hydrogen) atoms. The molecule has 0 N–H and O–H groups in total. The van der Waals surface area contributed by atoms with Gasteiger partial charge < -0.3 is 4.74 Å². The lowest BCUT2D eigenvalue weighted by atomic mass is 10.1. The largest absolute Gasteiger partial charge is 0.489 e. The third-order valence-electron chi connectivity index (χ3n) is 5.29. The Morgan fingerprint density at radius 1 is 0.933 bits per heavy atom. The van der Waals surface area contributed by atoms with Crippen molar-refractivity contribution in [3.05, 3.63) is 83.3 Å². The highest BCUT2D eigenvalue weighted by molar-refractivity contribution is 5.84. The summed E-state index contributed by atoms with van der Waals surface area (Å²) >= 11 is 0. The monoisotopic (exact) mass is 395 g/mol. The highest BCUT2D eigenvalue weighted by Gasteiger charge is 2.18. The minimum atomic E-state index is 0.505. The number of hydrogen-bond donors (Lipinski definition) is 0. The van der Waals surface area contributed by atoms with Gasteiger partial charge in [-0.1, -0.05) is 30.3 Å². The Labute approximate surface area is 174 Å². The molecule has 0 aliphatic heterocycles. The number of rotatable bonds is 4. The molecule has 0 fully saturated rings. The minimum absolute atomic E-state index is 0.505. The quantitative estimate of drug-likeness (QED) is 0.435. The van der Waals surface area contributed by atoms with Crippen LogP contribution in [0.25, 0.3) is 28.1 Å². The van der Waals surface area contributed by atoms with E-state index in [4.69, 9.17) is 9.72 Å². The molecule has 6 nitrogen and oxygen atoms in total. The number of ether oxygens (including phenoxy) is 1. The summed E-state index contributed by atoms with van der Waals surface area (Å²) in [5, 5.41) is 8.93. The summed E-state index contributed by atoms with van der Waals surface area (Å²) < 4.78 is 8.17. The van der Waals surface area contributed by atoms with Gasteiger partial charge in [0, 0.05) is 24.0 Å². The van der Waals surface area contributed by atoms with Crippen LogP contribution in [0.3, 0.4) is 0 Å². The first kappa shape index (κ1) is 18.2. The fraction of sp³-hybridized carbons (Fsp3) is 0.167. The SMILES string of the molecule is Cc1ccncc1-c1nc(C)c2nnc3c(C)cc(OCc4ccccc4)cc3n12. The molecule has 0 radical (unpaired) electrons. The van der Waals surface area contributed by atoms with Crippen LogP contribution < -0.4 is 4.74 Å². The third-order valence-corrected chi connectivity index (χ3v) is 5.29. The number of nitrogens with zero attached hydrogens (tertiary/aromatic N) is 5. The van der Waals surface area contributed by atoms with Crippen LogP contribution in [0.2, 0.25) is 0 Å². The van der Waals surface area contributed by atoms with Crippen LogP contribution in [0.15, 0.2) is 60.9 Å². The Hall–Kier alpha value is -3.80. The number of aromatic nitrogens is 5. The van der Waals surface area contributed by atoms with Crippen molar-refractivity contribution in [2.24, 2.45) is 0 Å². The molecule has 5 aromatic rings. The van der Waals surface area contributed by atoms with Gasteiger partial charge in [0.1, 0.15) is 23.7 Å². The molecular formula is C24H21N5O. The highest BCUT2D eigenvalue weighted by Crippen LogP contribution is 2.30. The molecule has 0 saturated heterocycles. The first-order valence-electron chi connectivity index (χ1n) is 9.85. The van der Waals surface area contributed by atoms with Gasteiger partial charge in [0.2, 0.25) is 0 Å². The molecule has 148 valence electrons. The Morgan fingerprint density at radius 2 is 1.77 bits per heavy atom. The summed E-state index contributed by atoms with van der Waals surface area (Å²) in [6, 6.07) is 16.2. The van der Waals surface area contributed by atoms with E-state index in [1.54, 1.807) is 6.20 Å². The molecule has 6 heteroatoms. The van der Waals surface area contributed by atoms with E-state index >= 15 is 0 Å². The molecular weight excluding hydrogens is 374 g/mol. The van der Waals surface area contributed by atoms with E-state index < -0.39 is 0 Å². The average Bonchev–Trinajstić information content (AvgIpc) is 3.10. The summed E-state index contributed by atoms with van der Waals surface area (Å²) in [4.78, 5) is 9.11. The maximum absolute atomic E-state index is 6.11. The molecule has 3 heterocycles. The summed E-state index contributed by atoms with van der Waals surface area (Å²) in [6.07, 6.45) is 3.64. The minimum Gasteiger partial charge on any atom is -0.489 e. The van der Waals surface area contributed by atoms with Crippen molar-refractivity contribution < 1.29 is 4.74 Å². The summed E-state index contributed by atoms with van der Waals surface area (Å²) in [6.45, 7) is 6.54. The van der Waals surface area contributed by atoms with Crippen LogP contribution in [0.4, 0.5) is 0 Å². The first-order valence-corrected chi connectivity index (χ1v) is 9.85. The second kappa shape index (κ2) is 7.22. The Bertz CT molecular complexity index is 1380. The summed E-state index contributed by atoms with van der Waals surface area (Å²) in [5.74, 6) is 1.60. The number of pyridine rings is 1. The van der Waals surface area contributed by atoms with Gasteiger partial charge in [0.15, 0.2) is 5.65 Å². The van der Waals surface area contributed by atoms with Crippen LogP contribution in [-0.4, -0.2) is 24.6 Å². The van der Waals surface area contributed by atoms with Gasteiger partial charge >= 0.3 is 0 Å². The van der Waals surface area contributed by atoms with E-state index in [0.29, 0.717) is 6.61 Å². The summed E-state index contributed by atoms with van der Waals surface area (Å²) in [7, 11) is 0. The smallest absolute Gasteiger partial charge is 0.183 e. The van der Waals surface area contributed by atoms with Crippen molar-refractivity contribution in [1.82, 2.24) is 24.6 Å². The van der Waals surface area contributed by atoms with Gasteiger partial charge in [-0.2, -0.15) is 0 Å². The van der Waals surface area contributed by atoms with Crippen molar-refractivity contribution in [2.45, 2.75) is 27.4 Å². The molecule has 0 amide bonds. The van der Waals surface area contributed by atoms with Crippen LogP contribution in [0, 0.1) is 20.8 Å². The Kier molecular flexibility index (Phi) is 4.39. The van der Waals surface area contributed by atoms with E-state index in [-0.39, 0.29) is 0 Å². The predicted molar refractivity (Wildman–Crippen MR) is 117 cm³/mol. The van der Waals surface area contributed by atoms with Gasteiger partial charge in [-0.3, -0.25) is 9.38 Å². The molecule has 0 aliphatic rings. The van der Waals surface area contributed by atoms with Gasteiger partial charge in [-0.25, -0.2) is 4.98 Å². The van der Waals surface area contributed by atoms with E-state index in [9.17, 15) is 0 Å². The van der Waals surface area contributed by atoms with Gasteiger partial charge in [0.25, 0.3) is 0 Å². The van der Waals surface area contributed by atoms with Gasteiger partial charge in [-0.15, -0.1) is 10.2 Å². The summed E-state index contributed by atoms with van der Waals surface area (Å²) in [5.41, 5.74) is 7.52. The first-order chi connectivity index (χ1) is 14.6. The van der Waals surface area contributed by atoms with Crippen molar-refractivity contribution in [3.63, 3.8) is 0 Å². The van der Waals surface area contributed by atoms with Crippen molar-refractivity contribution in [2.75, 3.05) is 0 Å².